The maximum absolute atomic E-state index is 9.99. The predicted molar refractivity (Wildman–Crippen MR) is 81.0 cm³/mol. The molecule has 7 heteroatoms. The summed E-state index contributed by atoms with van der Waals surface area (Å²) in [6, 6.07) is 10.4. The largest absolute Gasteiger partial charge is 0.481 e. The van der Waals surface area contributed by atoms with Crippen LogP contribution in [0.3, 0.4) is 0 Å². The van der Waals surface area contributed by atoms with Crippen LogP contribution in [0.2, 0.25) is 0 Å². The van der Waals surface area contributed by atoms with Crippen molar-refractivity contribution in [2.45, 2.75) is 18.9 Å². The first-order chi connectivity index (χ1) is 10.5. The smallest absolute Gasteiger partial charge is 0.320 e. The molecule has 0 aliphatic carbocycles. The fraction of sp³-hybridized carbons (Fsp3) is 0.200. The van der Waals surface area contributed by atoms with E-state index in [4.69, 9.17) is 15.9 Å². The summed E-state index contributed by atoms with van der Waals surface area (Å²) in [5, 5.41) is 16.3. The van der Waals surface area contributed by atoms with Crippen LogP contribution >= 0.6 is 0 Å². The first-order valence-corrected chi connectivity index (χ1v) is 6.44. The van der Waals surface area contributed by atoms with Gasteiger partial charge >= 0.3 is 11.9 Å². The summed E-state index contributed by atoms with van der Waals surface area (Å²) < 4.78 is 0. The van der Waals surface area contributed by atoms with Crippen LogP contribution in [-0.2, 0) is 9.59 Å². The first kappa shape index (κ1) is 19.2. The maximum atomic E-state index is 9.99. The van der Waals surface area contributed by atoms with Crippen LogP contribution in [0.25, 0.3) is 0 Å². The maximum Gasteiger partial charge on any atom is 0.320 e. The molecule has 7 nitrogen and oxygen atoms in total. The van der Waals surface area contributed by atoms with Crippen LogP contribution in [-0.4, -0.2) is 38.2 Å². The Labute approximate surface area is 128 Å². The van der Waals surface area contributed by atoms with Crippen LogP contribution in [0.4, 0.5) is 0 Å². The number of aromatic nitrogens is 2. The van der Waals surface area contributed by atoms with E-state index in [2.05, 4.69) is 9.97 Å². The molecule has 0 unspecified atom stereocenters. The van der Waals surface area contributed by atoms with Gasteiger partial charge < -0.3 is 15.9 Å². The second-order valence-electron chi connectivity index (χ2n) is 3.93. The van der Waals surface area contributed by atoms with E-state index in [9.17, 15) is 9.59 Å². The lowest BCUT2D eigenvalue weighted by atomic mass is 10.2. The zero-order chi connectivity index (χ0) is 16.6. The molecular weight excluding hydrogens is 286 g/mol. The summed E-state index contributed by atoms with van der Waals surface area (Å²) >= 11 is 0. The van der Waals surface area contributed by atoms with Gasteiger partial charge in [0.05, 0.1) is 0 Å². The van der Waals surface area contributed by atoms with Gasteiger partial charge in [-0.15, -0.1) is 0 Å². The molecule has 0 aromatic carbocycles. The number of carbonyl (C=O) groups is 2. The number of hydrogen-bond donors (Lipinski definition) is 3. The average molecular weight is 305 g/mol. The molecule has 4 N–H and O–H groups in total. The van der Waals surface area contributed by atoms with Crippen molar-refractivity contribution in [1.29, 1.82) is 0 Å². The Morgan fingerprint density at radius 2 is 1.27 bits per heavy atom. The van der Waals surface area contributed by atoms with Crippen LogP contribution in [0.5, 0.6) is 0 Å². The third-order valence-electron chi connectivity index (χ3n) is 2.12. The van der Waals surface area contributed by atoms with Crippen LogP contribution in [0, 0.1) is 0 Å². The zero-order valence-electron chi connectivity index (χ0n) is 11.9. The molecule has 2 aromatic rings. The lowest BCUT2D eigenvalue weighted by Gasteiger charge is -2.01. The third kappa shape index (κ3) is 13.6. The lowest BCUT2D eigenvalue weighted by Crippen LogP contribution is -2.30. The Kier molecular flexibility index (Phi) is 11.5. The number of pyridine rings is 2. The fourth-order valence-electron chi connectivity index (χ4n) is 1.03. The van der Waals surface area contributed by atoms with Crippen LogP contribution < -0.4 is 5.73 Å². The SMILES string of the molecule is N[C@@H](CCC(=O)O)C(=O)O.c1ccncc1.c1ccncc1. The molecular formula is C15H19N3O4. The number of rotatable bonds is 4. The number of aliphatic carboxylic acids is 2. The van der Waals surface area contributed by atoms with Gasteiger partial charge in [-0.25, -0.2) is 0 Å². The molecule has 2 heterocycles. The van der Waals surface area contributed by atoms with Gasteiger partial charge in [0.1, 0.15) is 6.04 Å². The van der Waals surface area contributed by atoms with E-state index in [1.165, 1.54) is 0 Å². The van der Waals surface area contributed by atoms with Gasteiger partial charge in [-0.3, -0.25) is 19.6 Å². The van der Waals surface area contributed by atoms with Gasteiger partial charge in [0.15, 0.2) is 0 Å². The second kappa shape index (κ2) is 13.2. The molecule has 118 valence electrons. The van der Waals surface area contributed by atoms with Crippen molar-refractivity contribution in [1.82, 2.24) is 9.97 Å². The molecule has 0 radical (unpaired) electrons. The highest BCUT2D eigenvalue weighted by Gasteiger charge is 2.12. The summed E-state index contributed by atoms with van der Waals surface area (Å²) in [6.45, 7) is 0. The second-order valence-corrected chi connectivity index (χ2v) is 3.93. The van der Waals surface area contributed by atoms with E-state index in [1.807, 2.05) is 36.4 Å². The molecule has 1 atom stereocenters. The Bertz CT molecular complexity index is 424. The van der Waals surface area contributed by atoms with Gasteiger partial charge in [0, 0.05) is 31.2 Å². The van der Waals surface area contributed by atoms with E-state index >= 15 is 0 Å². The number of nitrogens with two attached hydrogens (primary N) is 1. The Morgan fingerprint density at radius 3 is 1.45 bits per heavy atom. The molecule has 2 rings (SSSR count). The molecule has 0 saturated heterocycles. The summed E-state index contributed by atoms with van der Waals surface area (Å²) in [6.07, 6.45) is 6.78. The molecule has 0 aliphatic rings. The quantitative estimate of drug-likeness (QED) is 0.779. The first-order valence-electron chi connectivity index (χ1n) is 6.44. The van der Waals surface area contributed by atoms with Crippen molar-refractivity contribution >= 4 is 11.9 Å². The van der Waals surface area contributed by atoms with Crippen molar-refractivity contribution in [3.63, 3.8) is 0 Å². The summed E-state index contributed by atoms with van der Waals surface area (Å²) in [4.78, 5) is 27.4. The summed E-state index contributed by atoms with van der Waals surface area (Å²) in [7, 11) is 0. The van der Waals surface area contributed by atoms with E-state index < -0.39 is 18.0 Å². The molecule has 0 amide bonds. The zero-order valence-corrected chi connectivity index (χ0v) is 11.9. The van der Waals surface area contributed by atoms with E-state index in [-0.39, 0.29) is 12.8 Å². The van der Waals surface area contributed by atoms with Gasteiger partial charge in [0.2, 0.25) is 0 Å². The van der Waals surface area contributed by atoms with Gasteiger partial charge in [-0.2, -0.15) is 0 Å². The van der Waals surface area contributed by atoms with Crippen LogP contribution in [0.1, 0.15) is 12.8 Å². The van der Waals surface area contributed by atoms with Crippen molar-refractivity contribution < 1.29 is 19.8 Å². The Hall–Kier alpha value is -2.80. The minimum absolute atomic E-state index is 0.0231. The molecule has 0 aliphatic heterocycles. The Morgan fingerprint density at radius 1 is 0.864 bits per heavy atom. The number of hydrogen-bond acceptors (Lipinski definition) is 5. The highest BCUT2D eigenvalue weighted by atomic mass is 16.4. The minimum Gasteiger partial charge on any atom is -0.481 e. The Balaban J connectivity index is 0.000000315. The number of carboxylic acids is 2. The summed E-state index contributed by atoms with van der Waals surface area (Å²) in [5.74, 6) is -2.20. The monoisotopic (exact) mass is 305 g/mol. The normalized spacial score (nSPS) is 10.0. The van der Waals surface area contributed by atoms with Crippen molar-refractivity contribution in [2.75, 3.05) is 0 Å². The molecule has 0 spiro atoms. The highest BCUT2D eigenvalue weighted by molar-refractivity contribution is 5.74. The average Bonchev–Trinajstić information content (AvgIpc) is 2.57. The van der Waals surface area contributed by atoms with Crippen molar-refractivity contribution in [2.24, 2.45) is 5.73 Å². The van der Waals surface area contributed by atoms with E-state index in [0.717, 1.165) is 0 Å². The van der Waals surface area contributed by atoms with Gasteiger partial charge in [-0.1, -0.05) is 12.1 Å². The third-order valence-corrected chi connectivity index (χ3v) is 2.12. The molecule has 22 heavy (non-hydrogen) atoms. The minimum atomic E-state index is -1.17. The van der Waals surface area contributed by atoms with Crippen LogP contribution in [0.15, 0.2) is 61.2 Å². The molecule has 0 bridgehead atoms. The molecule has 2 aromatic heterocycles. The highest BCUT2D eigenvalue weighted by Crippen LogP contribution is 1.93. The number of nitrogens with zero attached hydrogens (tertiary/aromatic N) is 2. The van der Waals surface area contributed by atoms with Crippen molar-refractivity contribution in [3.05, 3.63) is 61.2 Å². The molecule has 0 fully saturated rings. The standard InChI is InChI=1S/C5H9NO4.2C5H5N/c6-3(5(9)10)1-2-4(7)8;2*1-2-4-6-5-3-1/h3H,1-2,6H2,(H,7,8)(H,9,10);2*1-5H/t3-;;/m0../s1. The van der Waals surface area contributed by atoms with Gasteiger partial charge in [-0.05, 0) is 30.7 Å². The lowest BCUT2D eigenvalue weighted by molar-refractivity contribution is -0.139. The van der Waals surface area contributed by atoms with Gasteiger partial charge in [0.25, 0.3) is 0 Å². The predicted octanol–water partition coefficient (Wildman–Crippen LogP) is 1.43. The molecule has 0 saturated carbocycles. The topological polar surface area (TPSA) is 126 Å². The summed E-state index contributed by atoms with van der Waals surface area (Å²) in [5.41, 5.74) is 5.00. The van der Waals surface area contributed by atoms with Crippen molar-refractivity contribution in [3.8, 4) is 0 Å². The van der Waals surface area contributed by atoms with E-state index in [0.29, 0.717) is 0 Å². The fourth-order valence-corrected chi connectivity index (χ4v) is 1.03. The van der Waals surface area contributed by atoms with E-state index in [1.54, 1.807) is 24.8 Å². The number of carboxylic acid groups (broad SMARTS) is 2.